The topological polar surface area (TPSA) is 32.3 Å². The molecule has 1 atom stereocenters. The van der Waals surface area contributed by atoms with Gasteiger partial charge in [-0.3, -0.25) is 0 Å². The summed E-state index contributed by atoms with van der Waals surface area (Å²) in [7, 11) is 0. The Morgan fingerprint density at radius 1 is 1.00 bits per heavy atom. The maximum absolute atomic E-state index is 13.0. The molecule has 20 heavy (non-hydrogen) atoms. The average molecular weight is 281 g/mol. The lowest BCUT2D eigenvalue weighted by Crippen LogP contribution is -2.21. The van der Waals surface area contributed by atoms with Gasteiger partial charge in [0.15, 0.2) is 11.6 Å². The Hall–Kier alpha value is -1.85. The number of hydrogen-bond acceptors (Lipinski definition) is 2. The van der Waals surface area contributed by atoms with Gasteiger partial charge in [-0.25, -0.2) is 13.2 Å². The van der Waals surface area contributed by atoms with Crippen molar-refractivity contribution in [1.29, 1.82) is 0 Å². The second kappa shape index (κ2) is 6.54. The van der Waals surface area contributed by atoms with E-state index >= 15 is 0 Å². The largest absolute Gasteiger partial charge is 0.387 e. The number of aliphatic hydroxyl groups is 1. The van der Waals surface area contributed by atoms with Crippen molar-refractivity contribution in [3.05, 3.63) is 71.0 Å². The molecule has 0 aliphatic carbocycles. The predicted octanol–water partition coefficient (Wildman–Crippen LogP) is 2.93. The van der Waals surface area contributed by atoms with Crippen LogP contribution in [0.3, 0.4) is 0 Å². The molecule has 0 saturated carbocycles. The van der Waals surface area contributed by atoms with Gasteiger partial charge in [-0.2, -0.15) is 0 Å². The van der Waals surface area contributed by atoms with Crippen LogP contribution in [-0.4, -0.2) is 11.7 Å². The normalized spacial score (nSPS) is 12.4. The van der Waals surface area contributed by atoms with E-state index in [0.29, 0.717) is 11.1 Å². The fourth-order valence-corrected chi connectivity index (χ4v) is 1.83. The Morgan fingerprint density at radius 2 is 1.80 bits per heavy atom. The highest BCUT2D eigenvalue weighted by Gasteiger charge is 2.08. The number of hydrogen-bond donors (Lipinski definition) is 2. The average Bonchev–Trinajstić information content (AvgIpc) is 2.42. The lowest BCUT2D eigenvalue weighted by Gasteiger charge is -2.12. The molecular weight excluding hydrogens is 267 g/mol. The summed E-state index contributed by atoms with van der Waals surface area (Å²) in [5.74, 6) is -2.22. The van der Waals surface area contributed by atoms with Gasteiger partial charge in [-0.15, -0.1) is 0 Å². The van der Waals surface area contributed by atoms with Gasteiger partial charge in [0.1, 0.15) is 5.82 Å². The monoisotopic (exact) mass is 281 g/mol. The lowest BCUT2D eigenvalue weighted by molar-refractivity contribution is 0.174. The highest BCUT2D eigenvalue weighted by atomic mass is 19.2. The van der Waals surface area contributed by atoms with E-state index in [0.717, 1.165) is 12.1 Å². The summed E-state index contributed by atoms with van der Waals surface area (Å²) in [6.45, 7) is 0.464. The second-order valence-electron chi connectivity index (χ2n) is 4.45. The molecule has 1 unspecified atom stereocenters. The minimum atomic E-state index is -0.907. The Morgan fingerprint density at radius 3 is 2.50 bits per heavy atom. The Kier molecular flexibility index (Phi) is 4.76. The van der Waals surface area contributed by atoms with E-state index < -0.39 is 23.6 Å². The quantitative estimate of drug-likeness (QED) is 0.883. The summed E-state index contributed by atoms with van der Waals surface area (Å²) in [6, 6.07) is 9.29. The second-order valence-corrected chi connectivity index (χ2v) is 4.45. The maximum atomic E-state index is 13.0. The van der Waals surface area contributed by atoms with E-state index in [4.69, 9.17) is 0 Å². The molecule has 0 amide bonds. The van der Waals surface area contributed by atoms with Crippen LogP contribution in [0.4, 0.5) is 13.2 Å². The smallest absolute Gasteiger partial charge is 0.159 e. The highest BCUT2D eigenvalue weighted by molar-refractivity contribution is 5.20. The molecule has 2 rings (SSSR count). The zero-order chi connectivity index (χ0) is 14.5. The summed E-state index contributed by atoms with van der Waals surface area (Å²) in [5.41, 5.74) is 1.03. The first kappa shape index (κ1) is 14.6. The fourth-order valence-electron chi connectivity index (χ4n) is 1.83. The molecule has 0 aromatic heterocycles. The Bertz CT molecular complexity index is 589. The number of halogens is 3. The number of aliphatic hydroxyl groups excluding tert-OH is 1. The van der Waals surface area contributed by atoms with Crippen LogP contribution >= 0.6 is 0 Å². The molecule has 2 nitrogen and oxygen atoms in total. The molecule has 0 spiro atoms. The Labute approximate surface area is 114 Å². The predicted molar refractivity (Wildman–Crippen MR) is 69.4 cm³/mol. The van der Waals surface area contributed by atoms with Crippen LogP contribution in [0.25, 0.3) is 0 Å². The van der Waals surface area contributed by atoms with Crippen LogP contribution in [-0.2, 0) is 6.54 Å². The van der Waals surface area contributed by atoms with Crippen molar-refractivity contribution in [3.63, 3.8) is 0 Å². The highest BCUT2D eigenvalue weighted by Crippen LogP contribution is 2.13. The van der Waals surface area contributed by atoms with E-state index in [-0.39, 0.29) is 13.1 Å². The molecule has 0 aliphatic rings. The molecule has 0 saturated heterocycles. The SMILES string of the molecule is OC(CNCc1ccc(F)c(F)c1)c1cccc(F)c1. The van der Waals surface area contributed by atoms with Crippen molar-refractivity contribution < 1.29 is 18.3 Å². The van der Waals surface area contributed by atoms with Gasteiger partial charge in [-0.1, -0.05) is 18.2 Å². The molecular formula is C15H14F3NO. The van der Waals surface area contributed by atoms with Crippen molar-refractivity contribution in [1.82, 2.24) is 5.32 Å². The van der Waals surface area contributed by atoms with Crippen molar-refractivity contribution in [2.45, 2.75) is 12.6 Å². The van der Waals surface area contributed by atoms with Crippen LogP contribution in [0, 0.1) is 17.5 Å². The molecule has 5 heteroatoms. The molecule has 0 bridgehead atoms. The molecule has 0 radical (unpaired) electrons. The molecule has 2 aromatic carbocycles. The molecule has 0 fully saturated rings. The number of rotatable bonds is 5. The van der Waals surface area contributed by atoms with Gasteiger partial charge >= 0.3 is 0 Å². The molecule has 0 heterocycles. The summed E-state index contributed by atoms with van der Waals surface area (Å²) in [6.07, 6.45) is -0.865. The summed E-state index contributed by atoms with van der Waals surface area (Å²) >= 11 is 0. The lowest BCUT2D eigenvalue weighted by atomic mass is 10.1. The molecule has 2 N–H and O–H groups in total. The molecule has 106 valence electrons. The molecule has 0 aliphatic heterocycles. The third kappa shape index (κ3) is 3.82. The summed E-state index contributed by atoms with van der Waals surface area (Å²) in [5, 5.41) is 12.8. The fraction of sp³-hybridized carbons (Fsp3) is 0.200. The van der Waals surface area contributed by atoms with E-state index in [1.165, 1.54) is 24.3 Å². The van der Waals surface area contributed by atoms with Crippen molar-refractivity contribution in [3.8, 4) is 0 Å². The standard InChI is InChI=1S/C15H14F3NO/c16-12-3-1-2-11(7-12)15(20)9-19-8-10-4-5-13(17)14(18)6-10/h1-7,15,19-20H,8-9H2. The maximum Gasteiger partial charge on any atom is 0.159 e. The van der Waals surface area contributed by atoms with E-state index in [1.54, 1.807) is 6.07 Å². The van der Waals surface area contributed by atoms with Crippen molar-refractivity contribution >= 4 is 0 Å². The van der Waals surface area contributed by atoms with Gasteiger partial charge < -0.3 is 10.4 Å². The van der Waals surface area contributed by atoms with Crippen molar-refractivity contribution in [2.24, 2.45) is 0 Å². The molecule has 2 aromatic rings. The van der Waals surface area contributed by atoms with Crippen molar-refractivity contribution in [2.75, 3.05) is 6.54 Å². The van der Waals surface area contributed by atoms with Crippen LogP contribution in [0.1, 0.15) is 17.2 Å². The number of benzene rings is 2. The summed E-state index contributed by atoms with van der Waals surface area (Å²) in [4.78, 5) is 0. The zero-order valence-electron chi connectivity index (χ0n) is 10.6. The van der Waals surface area contributed by atoms with Gasteiger partial charge in [0, 0.05) is 13.1 Å². The van der Waals surface area contributed by atoms with Gasteiger partial charge in [-0.05, 0) is 35.4 Å². The van der Waals surface area contributed by atoms with E-state index in [1.807, 2.05) is 0 Å². The third-order valence-corrected chi connectivity index (χ3v) is 2.88. The first-order chi connectivity index (χ1) is 9.56. The first-order valence-electron chi connectivity index (χ1n) is 6.14. The van der Waals surface area contributed by atoms with Crippen LogP contribution < -0.4 is 5.32 Å². The summed E-state index contributed by atoms with van der Waals surface area (Å²) < 4.78 is 38.7. The van der Waals surface area contributed by atoms with E-state index in [2.05, 4.69) is 5.32 Å². The Balaban J connectivity index is 1.87. The minimum absolute atomic E-state index is 0.183. The van der Waals surface area contributed by atoms with E-state index in [9.17, 15) is 18.3 Å². The van der Waals surface area contributed by atoms with Gasteiger partial charge in [0.05, 0.1) is 6.10 Å². The van der Waals surface area contributed by atoms with Crippen LogP contribution in [0.2, 0.25) is 0 Å². The zero-order valence-corrected chi connectivity index (χ0v) is 10.6. The number of nitrogens with one attached hydrogen (secondary N) is 1. The van der Waals surface area contributed by atoms with Crippen LogP contribution in [0.15, 0.2) is 42.5 Å². The third-order valence-electron chi connectivity index (χ3n) is 2.88. The van der Waals surface area contributed by atoms with Gasteiger partial charge in [0.2, 0.25) is 0 Å². The van der Waals surface area contributed by atoms with Gasteiger partial charge in [0.25, 0.3) is 0 Å². The minimum Gasteiger partial charge on any atom is -0.387 e. The first-order valence-corrected chi connectivity index (χ1v) is 6.14. The van der Waals surface area contributed by atoms with Crippen LogP contribution in [0.5, 0.6) is 0 Å².